The summed E-state index contributed by atoms with van der Waals surface area (Å²) < 4.78 is 0. The van der Waals surface area contributed by atoms with Crippen molar-refractivity contribution in [3.63, 3.8) is 0 Å². The summed E-state index contributed by atoms with van der Waals surface area (Å²) in [5, 5.41) is 9.61. The molecule has 1 heterocycles. The minimum absolute atomic E-state index is 0.0758. The summed E-state index contributed by atoms with van der Waals surface area (Å²) in [6, 6.07) is 6.41. The molecule has 0 spiro atoms. The van der Waals surface area contributed by atoms with Crippen LogP contribution in [0.5, 0.6) is 5.75 Å². The van der Waals surface area contributed by atoms with Crippen molar-refractivity contribution in [2.24, 2.45) is 35.5 Å². The number of allylic oxidation sites excluding steroid dienone is 2. The molecule has 4 nitrogen and oxygen atoms in total. The van der Waals surface area contributed by atoms with Gasteiger partial charge in [0.1, 0.15) is 5.75 Å². The molecule has 0 radical (unpaired) electrons. The van der Waals surface area contributed by atoms with E-state index in [0.29, 0.717) is 17.5 Å². The number of amides is 2. The number of hydrogen-bond donors (Lipinski definition) is 1. The molecule has 0 aromatic heterocycles. The molecule has 6 rings (SSSR count). The van der Waals surface area contributed by atoms with Gasteiger partial charge in [-0.15, -0.1) is 0 Å². The van der Waals surface area contributed by atoms with Crippen LogP contribution in [0.1, 0.15) is 6.42 Å². The van der Waals surface area contributed by atoms with Crippen LogP contribution >= 0.6 is 0 Å². The van der Waals surface area contributed by atoms with E-state index in [9.17, 15) is 14.7 Å². The van der Waals surface area contributed by atoms with E-state index in [4.69, 9.17) is 0 Å². The minimum atomic E-state index is -0.182. The van der Waals surface area contributed by atoms with Crippen LogP contribution < -0.4 is 4.90 Å². The molecule has 1 aliphatic heterocycles. The second-order valence-corrected chi connectivity index (χ2v) is 6.69. The highest BCUT2D eigenvalue weighted by atomic mass is 16.3. The van der Waals surface area contributed by atoms with E-state index < -0.39 is 0 Å². The average molecular weight is 281 g/mol. The van der Waals surface area contributed by atoms with Gasteiger partial charge in [-0.25, -0.2) is 4.90 Å². The lowest BCUT2D eigenvalue weighted by Gasteiger charge is -2.37. The fraction of sp³-hybridized carbons (Fsp3) is 0.412. The molecule has 3 fully saturated rings. The van der Waals surface area contributed by atoms with E-state index in [1.807, 2.05) is 0 Å². The van der Waals surface area contributed by atoms with Gasteiger partial charge in [0.15, 0.2) is 0 Å². The quantitative estimate of drug-likeness (QED) is 0.632. The van der Waals surface area contributed by atoms with E-state index in [2.05, 4.69) is 12.2 Å². The van der Waals surface area contributed by atoms with Crippen molar-refractivity contribution in [3.05, 3.63) is 36.4 Å². The SMILES string of the molecule is O=C1[C@H]2[C@@H]3C=C[C@H]([C@H]4C[C@H]34)[C@@H]2C(=O)N1c1cccc(O)c1. The zero-order chi connectivity index (χ0) is 14.3. The topological polar surface area (TPSA) is 57.6 Å². The Hall–Kier alpha value is -2.10. The van der Waals surface area contributed by atoms with Crippen LogP contribution in [-0.4, -0.2) is 16.9 Å². The monoisotopic (exact) mass is 281 g/mol. The predicted molar refractivity (Wildman–Crippen MR) is 75.3 cm³/mol. The lowest BCUT2D eigenvalue weighted by Crippen LogP contribution is -2.40. The van der Waals surface area contributed by atoms with Gasteiger partial charge in [-0.2, -0.15) is 0 Å². The van der Waals surface area contributed by atoms with Gasteiger partial charge in [0, 0.05) is 6.07 Å². The first kappa shape index (κ1) is 11.5. The zero-order valence-electron chi connectivity index (χ0n) is 11.3. The average Bonchev–Trinajstić information content (AvgIpc) is 3.24. The van der Waals surface area contributed by atoms with Crippen LogP contribution in [0.3, 0.4) is 0 Å². The molecule has 4 heteroatoms. The predicted octanol–water partition coefficient (Wildman–Crippen LogP) is 1.95. The summed E-state index contributed by atoms with van der Waals surface area (Å²) in [6.45, 7) is 0. The van der Waals surface area contributed by atoms with Crippen molar-refractivity contribution in [1.29, 1.82) is 0 Å². The highest BCUT2D eigenvalue weighted by Crippen LogP contribution is 2.65. The number of hydrogen-bond acceptors (Lipinski definition) is 3. The summed E-state index contributed by atoms with van der Waals surface area (Å²) in [5.41, 5.74) is 0.493. The second kappa shape index (κ2) is 3.56. The Morgan fingerprint density at radius 2 is 1.62 bits per heavy atom. The Labute approximate surface area is 122 Å². The molecule has 2 bridgehead atoms. The van der Waals surface area contributed by atoms with Crippen molar-refractivity contribution in [2.45, 2.75) is 6.42 Å². The normalized spacial score (nSPS) is 42.2. The Morgan fingerprint density at radius 3 is 2.19 bits per heavy atom. The van der Waals surface area contributed by atoms with Crippen LogP contribution in [0.25, 0.3) is 0 Å². The lowest BCUT2D eigenvalue weighted by molar-refractivity contribution is -0.124. The van der Waals surface area contributed by atoms with Crippen LogP contribution in [0.15, 0.2) is 36.4 Å². The number of anilines is 1. The van der Waals surface area contributed by atoms with Gasteiger partial charge in [0.05, 0.1) is 17.5 Å². The minimum Gasteiger partial charge on any atom is -0.508 e. The number of imide groups is 1. The summed E-state index contributed by atoms with van der Waals surface area (Å²) in [6.07, 6.45) is 5.50. The van der Waals surface area contributed by atoms with Gasteiger partial charge >= 0.3 is 0 Å². The van der Waals surface area contributed by atoms with E-state index in [1.54, 1.807) is 18.2 Å². The maximum atomic E-state index is 12.8. The van der Waals surface area contributed by atoms with Crippen LogP contribution in [0.4, 0.5) is 5.69 Å². The molecule has 1 N–H and O–H groups in total. The zero-order valence-corrected chi connectivity index (χ0v) is 11.3. The first-order valence-corrected chi connectivity index (χ1v) is 7.52. The van der Waals surface area contributed by atoms with Crippen molar-refractivity contribution in [3.8, 4) is 5.75 Å². The van der Waals surface area contributed by atoms with E-state index in [0.717, 1.165) is 0 Å². The number of carbonyl (C=O) groups excluding carboxylic acids is 2. The van der Waals surface area contributed by atoms with Gasteiger partial charge in [0.25, 0.3) is 0 Å². The fourth-order valence-corrected chi connectivity index (χ4v) is 4.84. The smallest absolute Gasteiger partial charge is 0.238 e. The van der Waals surface area contributed by atoms with Crippen molar-refractivity contribution < 1.29 is 14.7 Å². The number of phenols is 1. The van der Waals surface area contributed by atoms with Gasteiger partial charge < -0.3 is 5.11 Å². The van der Waals surface area contributed by atoms with E-state index in [-0.39, 0.29) is 41.2 Å². The summed E-state index contributed by atoms with van der Waals surface area (Å²) in [7, 11) is 0. The third-order valence-corrected chi connectivity index (χ3v) is 5.75. The maximum Gasteiger partial charge on any atom is 0.238 e. The maximum absolute atomic E-state index is 12.8. The molecule has 1 aromatic rings. The number of aromatic hydroxyl groups is 1. The largest absolute Gasteiger partial charge is 0.508 e. The van der Waals surface area contributed by atoms with E-state index >= 15 is 0 Å². The fourth-order valence-electron chi connectivity index (χ4n) is 4.84. The Bertz CT molecular complexity index is 674. The van der Waals surface area contributed by atoms with Crippen molar-refractivity contribution in [2.75, 3.05) is 4.90 Å². The summed E-state index contributed by atoms with van der Waals surface area (Å²) >= 11 is 0. The van der Waals surface area contributed by atoms with Crippen molar-refractivity contribution >= 4 is 17.5 Å². The molecule has 106 valence electrons. The van der Waals surface area contributed by atoms with Crippen LogP contribution in [0.2, 0.25) is 0 Å². The van der Waals surface area contributed by atoms with Gasteiger partial charge in [-0.05, 0) is 42.2 Å². The van der Waals surface area contributed by atoms with Gasteiger partial charge in [0.2, 0.25) is 11.8 Å². The third kappa shape index (κ3) is 1.30. The molecule has 2 saturated carbocycles. The Balaban J connectivity index is 1.60. The van der Waals surface area contributed by atoms with Gasteiger partial charge in [-0.3, -0.25) is 9.59 Å². The van der Waals surface area contributed by atoms with Crippen LogP contribution in [-0.2, 0) is 9.59 Å². The molecular weight excluding hydrogens is 266 g/mol. The first-order chi connectivity index (χ1) is 10.2. The second-order valence-electron chi connectivity index (χ2n) is 6.69. The van der Waals surface area contributed by atoms with Crippen LogP contribution in [0, 0.1) is 35.5 Å². The summed E-state index contributed by atoms with van der Waals surface area (Å²) in [4.78, 5) is 26.9. The third-order valence-electron chi connectivity index (χ3n) is 5.75. The molecule has 21 heavy (non-hydrogen) atoms. The molecule has 1 aromatic carbocycles. The molecular formula is C17H15NO3. The van der Waals surface area contributed by atoms with E-state index in [1.165, 1.54) is 17.4 Å². The highest BCUT2D eigenvalue weighted by molar-refractivity contribution is 6.22. The standard InChI is InChI=1S/C17H15NO3/c19-9-3-1-2-8(6-9)18-16(20)14-10-4-5-11(13-7-12(10)13)15(14)17(18)21/h1-6,10-15,19H,7H2/t10-,11-,12-,13-,14+,15+/m1/s1. The Kier molecular flexibility index (Phi) is 1.96. The number of benzene rings is 1. The number of carbonyl (C=O) groups is 2. The highest BCUT2D eigenvalue weighted by Gasteiger charge is 2.67. The molecule has 2 amide bonds. The molecule has 6 atom stereocenters. The summed E-state index contributed by atoms with van der Waals surface area (Å²) in [5.74, 6) is 1.25. The molecule has 1 saturated heterocycles. The number of phenolic OH excluding ortho intramolecular Hbond substituents is 1. The Morgan fingerprint density at radius 1 is 1.00 bits per heavy atom. The molecule has 5 aliphatic rings. The molecule has 0 unspecified atom stereocenters. The number of nitrogens with zero attached hydrogens (tertiary/aromatic N) is 1. The lowest BCUT2D eigenvalue weighted by atomic mass is 9.63. The number of rotatable bonds is 1. The first-order valence-electron chi connectivity index (χ1n) is 7.52. The molecule has 4 aliphatic carbocycles. The van der Waals surface area contributed by atoms with Crippen molar-refractivity contribution in [1.82, 2.24) is 0 Å². The van der Waals surface area contributed by atoms with Gasteiger partial charge in [-0.1, -0.05) is 18.2 Å².